The first kappa shape index (κ1) is 16.2. The van der Waals surface area contributed by atoms with Gasteiger partial charge in [0.15, 0.2) is 0 Å². The van der Waals surface area contributed by atoms with Gasteiger partial charge in [0.25, 0.3) is 10.0 Å². The highest BCUT2D eigenvalue weighted by Gasteiger charge is 2.18. The van der Waals surface area contributed by atoms with Crippen LogP contribution in [0.3, 0.4) is 0 Å². The number of nitrogens with one attached hydrogen (secondary N) is 1. The van der Waals surface area contributed by atoms with E-state index < -0.39 is 16.0 Å². The molecule has 21 heavy (non-hydrogen) atoms. The van der Waals surface area contributed by atoms with E-state index in [2.05, 4.69) is 20.7 Å². The highest BCUT2D eigenvalue weighted by Crippen LogP contribution is 2.27. The maximum Gasteiger partial charge on any atom is 0.335 e. The third-order valence-corrected chi connectivity index (χ3v) is 6.87. The lowest BCUT2D eigenvalue weighted by Crippen LogP contribution is -2.25. The van der Waals surface area contributed by atoms with Crippen LogP contribution in [0.25, 0.3) is 0 Å². The second kappa shape index (κ2) is 6.69. The summed E-state index contributed by atoms with van der Waals surface area (Å²) in [5, 5.41) is 10.5. The fourth-order valence-corrected chi connectivity index (χ4v) is 5.09. The van der Waals surface area contributed by atoms with E-state index in [0.29, 0.717) is 10.9 Å². The first-order chi connectivity index (χ1) is 9.90. The van der Waals surface area contributed by atoms with Crippen molar-refractivity contribution in [3.05, 3.63) is 51.3 Å². The van der Waals surface area contributed by atoms with Crippen LogP contribution in [0.4, 0.5) is 0 Å². The van der Waals surface area contributed by atoms with Crippen LogP contribution in [0.2, 0.25) is 0 Å². The lowest BCUT2D eigenvalue weighted by molar-refractivity contribution is 0.0697. The van der Waals surface area contributed by atoms with Gasteiger partial charge < -0.3 is 5.11 Å². The molecule has 1 aromatic heterocycles. The average molecular weight is 390 g/mol. The van der Waals surface area contributed by atoms with Crippen LogP contribution < -0.4 is 4.72 Å². The Balaban J connectivity index is 1.95. The Kier molecular flexibility index (Phi) is 5.15. The van der Waals surface area contributed by atoms with Crippen LogP contribution in [-0.2, 0) is 16.4 Å². The van der Waals surface area contributed by atoms with Gasteiger partial charge in [-0.3, -0.25) is 0 Å². The van der Waals surface area contributed by atoms with Gasteiger partial charge in [-0.25, -0.2) is 17.9 Å². The molecule has 2 N–H and O–H groups in total. The number of sulfonamides is 1. The van der Waals surface area contributed by atoms with Gasteiger partial charge in [-0.05, 0) is 51.5 Å². The Hall–Kier alpha value is -1.22. The molecule has 0 atom stereocenters. The van der Waals surface area contributed by atoms with Crippen LogP contribution in [0.5, 0.6) is 0 Å². The summed E-state index contributed by atoms with van der Waals surface area (Å²) in [6.45, 7) is 0.249. The molecular formula is C13H12BrNO4S2. The maximum atomic E-state index is 12.0. The molecule has 0 radical (unpaired) electrons. The highest BCUT2D eigenvalue weighted by atomic mass is 79.9. The van der Waals surface area contributed by atoms with Gasteiger partial charge in [-0.2, -0.15) is 0 Å². The zero-order valence-electron chi connectivity index (χ0n) is 10.7. The number of benzene rings is 1. The molecule has 1 heterocycles. The van der Waals surface area contributed by atoms with Crippen LogP contribution in [0.15, 0.2) is 44.4 Å². The van der Waals surface area contributed by atoms with Crippen LogP contribution in [0.1, 0.15) is 15.9 Å². The monoisotopic (exact) mass is 389 g/mol. The predicted molar refractivity (Wildman–Crippen MR) is 84.3 cm³/mol. The minimum absolute atomic E-state index is 0.210. The topological polar surface area (TPSA) is 83.5 Å². The molecule has 2 aromatic rings. The van der Waals surface area contributed by atoms with Crippen molar-refractivity contribution in [2.75, 3.05) is 6.54 Å². The van der Waals surface area contributed by atoms with Gasteiger partial charge in [-0.1, -0.05) is 12.1 Å². The summed E-state index contributed by atoms with van der Waals surface area (Å²) < 4.78 is 27.4. The van der Waals surface area contributed by atoms with E-state index in [4.69, 9.17) is 5.11 Å². The van der Waals surface area contributed by atoms with E-state index in [1.54, 1.807) is 23.6 Å². The SMILES string of the molecule is O=C(O)c1ccc(CCNS(=O)(=O)c2sccc2Br)cc1. The minimum atomic E-state index is -3.51. The van der Waals surface area contributed by atoms with E-state index in [9.17, 15) is 13.2 Å². The van der Waals surface area contributed by atoms with Crippen molar-refractivity contribution in [2.45, 2.75) is 10.6 Å². The number of carboxylic acid groups (broad SMARTS) is 1. The zero-order valence-corrected chi connectivity index (χ0v) is 14.0. The Labute approximate surface area is 134 Å². The number of hydrogen-bond acceptors (Lipinski definition) is 4. The summed E-state index contributed by atoms with van der Waals surface area (Å²) in [6, 6.07) is 8.05. The molecule has 0 saturated heterocycles. The molecule has 112 valence electrons. The smallest absolute Gasteiger partial charge is 0.335 e. The van der Waals surface area contributed by atoms with Crippen molar-refractivity contribution in [1.29, 1.82) is 0 Å². The fourth-order valence-electron chi connectivity index (χ4n) is 1.68. The number of aromatic carboxylic acids is 1. The number of carboxylic acids is 1. The van der Waals surface area contributed by atoms with Crippen molar-refractivity contribution in [1.82, 2.24) is 4.72 Å². The first-order valence-electron chi connectivity index (χ1n) is 5.95. The van der Waals surface area contributed by atoms with Crippen LogP contribution >= 0.6 is 27.3 Å². The van der Waals surface area contributed by atoms with Gasteiger partial charge in [0.2, 0.25) is 0 Å². The third kappa shape index (κ3) is 4.13. The van der Waals surface area contributed by atoms with E-state index in [0.717, 1.165) is 16.9 Å². The predicted octanol–water partition coefficient (Wildman–Crippen LogP) is 2.73. The lowest BCUT2D eigenvalue weighted by Gasteiger charge is -2.06. The van der Waals surface area contributed by atoms with Gasteiger partial charge in [0.1, 0.15) is 4.21 Å². The summed E-state index contributed by atoms with van der Waals surface area (Å²) >= 11 is 4.34. The molecule has 0 fully saturated rings. The number of halogens is 1. The molecule has 0 spiro atoms. The first-order valence-corrected chi connectivity index (χ1v) is 9.10. The lowest BCUT2D eigenvalue weighted by atomic mass is 10.1. The molecular weight excluding hydrogens is 378 g/mol. The number of carbonyl (C=O) groups is 1. The molecule has 5 nitrogen and oxygen atoms in total. The van der Waals surface area contributed by atoms with Gasteiger partial charge in [0.05, 0.1) is 5.56 Å². The Morgan fingerprint density at radius 3 is 2.43 bits per heavy atom. The zero-order chi connectivity index (χ0) is 15.5. The normalized spacial score (nSPS) is 11.5. The van der Waals surface area contributed by atoms with Crippen molar-refractivity contribution in [3.63, 3.8) is 0 Å². The summed E-state index contributed by atoms with van der Waals surface area (Å²) in [5.74, 6) is -0.982. The quantitative estimate of drug-likeness (QED) is 0.795. The minimum Gasteiger partial charge on any atom is -0.478 e. The van der Waals surface area contributed by atoms with E-state index in [1.165, 1.54) is 12.1 Å². The summed E-state index contributed by atoms with van der Waals surface area (Å²) in [4.78, 5) is 10.7. The van der Waals surface area contributed by atoms with Gasteiger partial charge >= 0.3 is 5.97 Å². The molecule has 0 saturated carbocycles. The van der Waals surface area contributed by atoms with Gasteiger partial charge in [-0.15, -0.1) is 11.3 Å². The standard InChI is InChI=1S/C13H12BrNO4S2/c14-11-6-8-20-13(11)21(18,19)15-7-5-9-1-3-10(4-2-9)12(16)17/h1-4,6,8,15H,5,7H2,(H,16,17). The van der Waals surface area contributed by atoms with Gasteiger partial charge in [0, 0.05) is 11.0 Å². The molecule has 8 heteroatoms. The summed E-state index contributed by atoms with van der Waals surface area (Å²) in [6.07, 6.45) is 0.488. The van der Waals surface area contributed by atoms with E-state index in [-0.39, 0.29) is 16.3 Å². The van der Waals surface area contributed by atoms with Crippen molar-refractivity contribution in [3.8, 4) is 0 Å². The molecule has 0 unspecified atom stereocenters. The number of thiophene rings is 1. The highest BCUT2D eigenvalue weighted by molar-refractivity contribution is 9.10. The Morgan fingerprint density at radius 1 is 1.24 bits per heavy atom. The molecule has 0 aliphatic heterocycles. The van der Waals surface area contributed by atoms with Crippen molar-refractivity contribution in [2.24, 2.45) is 0 Å². The number of rotatable bonds is 6. The molecule has 2 rings (SSSR count). The van der Waals surface area contributed by atoms with Crippen LogP contribution in [0, 0.1) is 0 Å². The molecule has 0 aliphatic carbocycles. The Morgan fingerprint density at radius 2 is 1.90 bits per heavy atom. The Bertz CT molecular complexity index is 738. The fraction of sp³-hybridized carbons (Fsp3) is 0.154. The largest absolute Gasteiger partial charge is 0.478 e. The average Bonchev–Trinajstić information content (AvgIpc) is 2.86. The maximum absolute atomic E-state index is 12.0. The third-order valence-electron chi connectivity index (χ3n) is 2.74. The molecule has 0 aliphatic rings. The van der Waals surface area contributed by atoms with Crippen molar-refractivity contribution >= 4 is 43.3 Å². The van der Waals surface area contributed by atoms with Crippen molar-refractivity contribution < 1.29 is 18.3 Å². The molecule has 0 amide bonds. The number of hydrogen-bond donors (Lipinski definition) is 2. The van der Waals surface area contributed by atoms with Crippen LogP contribution in [-0.4, -0.2) is 26.0 Å². The summed E-state index contributed by atoms with van der Waals surface area (Å²) in [5.41, 5.74) is 1.08. The van der Waals surface area contributed by atoms with E-state index >= 15 is 0 Å². The van der Waals surface area contributed by atoms with E-state index in [1.807, 2.05) is 0 Å². The second-order valence-corrected chi connectivity index (χ2v) is 7.94. The molecule has 0 bridgehead atoms. The second-order valence-electron chi connectivity index (χ2n) is 4.21. The molecule has 1 aromatic carbocycles. The summed E-state index contributed by atoms with van der Waals surface area (Å²) in [7, 11) is -3.51.